The first kappa shape index (κ1) is 13.7. The number of anilines is 2. The van der Waals surface area contributed by atoms with Crippen LogP contribution in [0.25, 0.3) is 0 Å². The molecule has 1 aromatic rings. The maximum absolute atomic E-state index is 11.7. The number of carbonyl (C=O) groups excluding carboxylic acids is 1. The molecule has 0 aromatic heterocycles. The zero-order valence-electron chi connectivity index (χ0n) is 11.9. The number of piperidine rings is 1. The molecule has 4 heteroatoms. The van der Waals surface area contributed by atoms with Gasteiger partial charge in [-0.2, -0.15) is 0 Å². The van der Waals surface area contributed by atoms with E-state index in [-0.39, 0.29) is 5.91 Å². The van der Waals surface area contributed by atoms with Crippen molar-refractivity contribution in [1.29, 1.82) is 0 Å². The third kappa shape index (κ3) is 2.67. The first-order valence-corrected chi connectivity index (χ1v) is 6.93. The molecular weight excluding hydrogens is 238 g/mol. The van der Waals surface area contributed by atoms with E-state index in [0.717, 1.165) is 17.9 Å². The monoisotopic (exact) mass is 261 g/mol. The lowest BCUT2D eigenvalue weighted by atomic mass is 9.91. The van der Waals surface area contributed by atoms with E-state index < -0.39 is 0 Å². The van der Waals surface area contributed by atoms with E-state index >= 15 is 0 Å². The number of nitrogens with zero attached hydrogens (tertiary/aromatic N) is 1. The molecule has 4 nitrogen and oxygen atoms in total. The Balaban J connectivity index is 2.35. The van der Waals surface area contributed by atoms with Crippen LogP contribution >= 0.6 is 0 Å². The number of hydrogen-bond acceptors (Lipinski definition) is 3. The van der Waals surface area contributed by atoms with Gasteiger partial charge in [0, 0.05) is 25.2 Å². The molecule has 1 aromatic carbocycles. The summed E-state index contributed by atoms with van der Waals surface area (Å²) in [7, 11) is 1.64. The highest BCUT2D eigenvalue weighted by Gasteiger charge is 2.26. The van der Waals surface area contributed by atoms with Crippen molar-refractivity contribution in [3.05, 3.63) is 23.8 Å². The number of amides is 1. The topological polar surface area (TPSA) is 58.4 Å². The third-order valence-electron chi connectivity index (χ3n) is 4.20. The number of benzene rings is 1. The molecule has 1 fully saturated rings. The summed E-state index contributed by atoms with van der Waals surface area (Å²) in [5, 5.41) is 2.65. The van der Waals surface area contributed by atoms with Crippen LogP contribution in [0.5, 0.6) is 0 Å². The van der Waals surface area contributed by atoms with Crippen LogP contribution in [0.15, 0.2) is 18.2 Å². The molecule has 19 heavy (non-hydrogen) atoms. The van der Waals surface area contributed by atoms with Gasteiger partial charge in [-0.25, -0.2) is 0 Å². The zero-order valence-corrected chi connectivity index (χ0v) is 11.9. The third-order valence-corrected chi connectivity index (χ3v) is 4.20. The quantitative estimate of drug-likeness (QED) is 0.803. The Morgan fingerprint density at radius 3 is 2.84 bits per heavy atom. The predicted octanol–water partition coefficient (Wildman–Crippen LogP) is 2.25. The van der Waals surface area contributed by atoms with Gasteiger partial charge in [-0.15, -0.1) is 0 Å². The smallest absolute Gasteiger partial charge is 0.251 e. The number of nitrogens with one attached hydrogen (secondary N) is 1. The predicted molar refractivity (Wildman–Crippen MR) is 79.5 cm³/mol. The van der Waals surface area contributed by atoms with E-state index in [9.17, 15) is 4.79 Å². The van der Waals surface area contributed by atoms with E-state index in [2.05, 4.69) is 24.1 Å². The average Bonchev–Trinajstić information content (AvgIpc) is 2.42. The van der Waals surface area contributed by atoms with Crippen molar-refractivity contribution in [2.24, 2.45) is 5.92 Å². The molecule has 2 unspecified atom stereocenters. The Labute approximate surface area is 115 Å². The highest BCUT2D eigenvalue weighted by molar-refractivity contribution is 5.96. The number of hydrogen-bond donors (Lipinski definition) is 2. The Bertz CT molecular complexity index is 472. The minimum atomic E-state index is -0.0704. The van der Waals surface area contributed by atoms with Crippen LogP contribution in [0, 0.1) is 5.92 Å². The summed E-state index contributed by atoms with van der Waals surface area (Å²) in [4.78, 5) is 14.1. The van der Waals surface area contributed by atoms with Gasteiger partial charge >= 0.3 is 0 Å². The molecule has 2 rings (SSSR count). The lowest BCUT2D eigenvalue weighted by Gasteiger charge is -2.40. The Kier molecular flexibility index (Phi) is 3.98. The molecule has 0 aliphatic carbocycles. The fourth-order valence-corrected chi connectivity index (χ4v) is 2.75. The molecule has 2 atom stereocenters. The molecule has 1 amide bonds. The molecule has 0 saturated carbocycles. The van der Waals surface area contributed by atoms with Gasteiger partial charge < -0.3 is 16.0 Å². The van der Waals surface area contributed by atoms with Crippen LogP contribution in [0.2, 0.25) is 0 Å². The van der Waals surface area contributed by atoms with Crippen molar-refractivity contribution < 1.29 is 4.79 Å². The van der Waals surface area contributed by atoms with Crippen molar-refractivity contribution in [2.75, 3.05) is 24.2 Å². The van der Waals surface area contributed by atoms with Crippen LogP contribution in [-0.2, 0) is 0 Å². The molecule has 0 radical (unpaired) electrons. The zero-order chi connectivity index (χ0) is 14.0. The summed E-state index contributed by atoms with van der Waals surface area (Å²) in [5.41, 5.74) is 8.49. The molecule has 1 saturated heterocycles. The van der Waals surface area contributed by atoms with Crippen LogP contribution in [-0.4, -0.2) is 25.5 Å². The van der Waals surface area contributed by atoms with Gasteiger partial charge in [0.15, 0.2) is 0 Å². The standard InChI is InChI=1S/C15H23N3O/c1-10-5-4-8-18(11(10)2)14-9-12(15(19)17-3)6-7-13(14)16/h6-7,9-11H,4-5,8,16H2,1-3H3,(H,17,19). The lowest BCUT2D eigenvalue weighted by molar-refractivity contribution is 0.0963. The van der Waals surface area contributed by atoms with Crippen LogP contribution in [0.4, 0.5) is 11.4 Å². The molecule has 1 heterocycles. The second-order valence-electron chi connectivity index (χ2n) is 5.41. The minimum absolute atomic E-state index is 0.0704. The summed E-state index contributed by atoms with van der Waals surface area (Å²) in [6.07, 6.45) is 2.43. The summed E-state index contributed by atoms with van der Waals surface area (Å²) >= 11 is 0. The number of nitrogens with two attached hydrogens (primary N) is 1. The highest BCUT2D eigenvalue weighted by atomic mass is 16.1. The molecule has 1 aliphatic rings. The summed E-state index contributed by atoms with van der Waals surface area (Å²) in [5.74, 6) is 0.579. The minimum Gasteiger partial charge on any atom is -0.397 e. The van der Waals surface area contributed by atoms with Crippen molar-refractivity contribution in [3.8, 4) is 0 Å². The van der Waals surface area contributed by atoms with Gasteiger partial charge in [-0.1, -0.05) is 6.92 Å². The summed E-state index contributed by atoms with van der Waals surface area (Å²) in [6.45, 7) is 5.51. The van der Waals surface area contributed by atoms with Gasteiger partial charge in [0.1, 0.15) is 0 Å². The van der Waals surface area contributed by atoms with Crippen molar-refractivity contribution in [2.45, 2.75) is 32.7 Å². The molecular formula is C15H23N3O. The van der Waals surface area contributed by atoms with Gasteiger partial charge in [0.2, 0.25) is 0 Å². The molecule has 3 N–H and O–H groups in total. The van der Waals surface area contributed by atoms with E-state index in [1.807, 2.05) is 12.1 Å². The second kappa shape index (κ2) is 5.51. The fourth-order valence-electron chi connectivity index (χ4n) is 2.75. The Hall–Kier alpha value is -1.71. The van der Waals surface area contributed by atoms with Crippen molar-refractivity contribution in [1.82, 2.24) is 5.32 Å². The van der Waals surface area contributed by atoms with Crippen LogP contribution in [0.1, 0.15) is 37.0 Å². The summed E-state index contributed by atoms with van der Waals surface area (Å²) in [6, 6.07) is 5.96. The molecule has 1 aliphatic heterocycles. The number of rotatable bonds is 2. The Morgan fingerprint density at radius 2 is 2.16 bits per heavy atom. The van der Waals surface area contributed by atoms with Crippen LogP contribution < -0.4 is 16.0 Å². The average molecular weight is 261 g/mol. The number of carbonyl (C=O) groups is 1. The maximum atomic E-state index is 11.7. The van der Waals surface area contributed by atoms with Crippen molar-refractivity contribution in [3.63, 3.8) is 0 Å². The van der Waals surface area contributed by atoms with Crippen LogP contribution in [0.3, 0.4) is 0 Å². The van der Waals surface area contributed by atoms with Gasteiger partial charge in [0.25, 0.3) is 5.91 Å². The van der Waals surface area contributed by atoms with E-state index in [1.54, 1.807) is 13.1 Å². The second-order valence-corrected chi connectivity index (χ2v) is 5.41. The largest absolute Gasteiger partial charge is 0.397 e. The Morgan fingerprint density at radius 1 is 1.42 bits per heavy atom. The normalized spacial score (nSPS) is 23.2. The lowest BCUT2D eigenvalue weighted by Crippen LogP contribution is -2.42. The van der Waals surface area contributed by atoms with E-state index in [1.165, 1.54) is 12.8 Å². The highest BCUT2D eigenvalue weighted by Crippen LogP contribution is 2.32. The molecule has 104 valence electrons. The first-order valence-electron chi connectivity index (χ1n) is 6.93. The van der Waals surface area contributed by atoms with E-state index in [0.29, 0.717) is 17.5 Å². The van der Waals surface area contributed by atoms with Gasteiger partial charge in [-0.05, 0) is 43.9 Å². The first-order chi connectivity index (χ1) is 9.04. The van der Waals surface area contributed by atoms with Crippen molar-refractivity contribution >= 4 is 17.3 Å². The molecule has 0 bridgehead atoms. The molecule has 0 spiro atoms. The maximum Gasteiger partial charge on any atom is 0.251 e. The van der Waals surface area contributed by atoms with Gasteiger partial charge in [0.05, 0.1) is 11.4 Å². The summed E-state index contributed by atoms with van der Waals surface area (Å²) < 4.78 is 0. The SMILES string of the molecule is CNC(=O)c1ccc(N)c(N2CCCC(C)C2C)c1. The van der Waals surface area contributed by atoms with E-state index in [4.69, 9.17) is 5.73 Å². The fraction of sp³-hybridized carbons (Fsp3) is 0.533. The number of nitrogen functional groups attached to an aromatic ring is 1. The van der Waals surface area contributed by atoms with Gasteiger partial charge in [-0.3, -0.25) is 4.79 Å².